The number of cyclic esters (lactones) is 1. The summed E-state index contributed by atoms with van der Waals surface area (Å²) >= 11 is 0. The third-order valence-electron chi connectivity index (χ3n) is 9.06. The summed E-state index contributed by atoms with van der Waals surface area (Å²) in [4.78, 5) is 52.9. The maximum atomic E-state index is 15.0. The number of rotatable bonds is 7. The monoisotopic (exact) mass is 662 g/mol. The average molecular weight is 663 g/mol. The molecule has 0 unspecified atom stereocenters. The minimum absolute atomic E-state index is 0.0399. The summed E-state index contributed by atoms with van der Waals surface area (Å²) in [5, 5.41) is 22.3. The van der Waals surface area contributed by atoms with Gasteiger partial charge < -0.3 is 30.6 Å². The van der Waals surface area contributed by atoms with Gasteiger partial charge in [0.1, 0.15) is 12.4 Å². The molecule has 0 saturated carbocycles. The molecule has 15 heteroatoms. The zero-order valence-electron chi connectivity index (χ0n) is 25.7. The minimum atomic E-state index is -5.08. The first kappa shape index (κ1) is 34.0. The number of carbonyl (C=O) groups excluding carboxylic acids is 2. The first-order valence-electron chi connectivity index (χ1n) is 15.2. The number of hydrogen-bond acceptors (Lipinski definition) is 8. The molecular weight excluding hydrogens is 628 g/mol. The first-order valence-corrected chi connectivity index (χ1v) is 15.2. The highest BCUT2D eigenvalue weighted by Gasteiger charge is 2.46. The molecule has 0 radical (unpaired) electrons. The van der Waals surface area contributed by atoms with Crippen LogP contribution in [0.2, 0.25) is 0 Å². The van der Waals surface area contributed by atoms with Gasteiger partial charge in [0.15, 0.2) is 5.60 Å². The van der Waals surface area contributed by atoms with Crippen molar-refractivity contribution in [1.29, 1.82) is 0 Å². The zero-order chi connectivity index (χ0) is 34.4. The second-order valence-electron chi connectivity index (χ2n) is 11.9. The van der Waals surface area contributed by atoms with E-state index in [2.05, 4.69) is 5.32 Å². The number of aromatic nitrogens is 2. The highest BCUT2D eigenvalue weighted by molar-refractivity contribution is 5.94. The number of nitrogens with two attached hydrogens (primary N) is 1. The minimum Gasteiger partial charge on any atom is -0.475 e. The van der Waals surface area contributed by atoms with Gasteiger partial charge in [-0.2, -0.15) is 13.2 Å². The van der Waals surface area contributed by atoms with Crippen molar-refractivity contribution in [3.63, 3.8) is 0 Å². The lowest BCUT2D eigenvalue weighted by atomic mass is 9.81. The van der Waals surface area contributed by atoms with Crippen LogP contribution in [0.4, 0.5) is 17.6 Å². The molecule has 0 fully saturated rings. The van der Waals surface area contributed by atoms with Gasteiger partial charge in [-0.15, -0.1) is 0 Å². The molecule has 0 saturated heterocycles. The molecule has 252 valence electrons. The van der Waals surface area contributed by atoms with E-state index in [0.717, 1.165) is 41.3 Å². The van der Waals surface area contributed by atoms with Crippen LogP contribution in [0.1, 0.15) is 84.9 Å². The van der Waals surface area contributed by atoms with Gasteiger partial charge in [-0.25, -0.2) is 19.0 Å². The predicted molar refractivity (Wildman–Crippen MR) is 160 cm³/mol. The maximum Gasteiger partial charge on any atom is 0.490 e. The highest BCUT2D eigenvalue weighted by atomic mass is 19.4. The number of nitrogens with zero attached hydrogens (tertiary/aromatic N) is 2. The van der Waals surface area contributed by atoms with Gasteiger partial charge in [0.2, 0.25) is 5.91 Å². The van der Waals surface area contributed by atoms with Crippen LogP contribution in [-0.4, -0.2) is 50.3 Å². The Morgan fingerprint density at radius 3 is 2.51 bits per heavy atom. The molecule has 2 atom stereocenters. The number of aliphatic carboxylic acids is 1. The zero-order valence-corrected chi connectivity index (χ0v) is 25.7. The molecule has 0 bridgehead atoms. The Kier molecular flexibility index (Phi) is 9.16. The van der Waals surface area contributed by atoms with Crippen molar-refractivity contribution >= 4 is 28.7 Å². The summed E-state index contributed by atoms with van der Waals surface area (Å²) < 4.78 is 53.5. The average Bonchev–Trinajstić information content (AvgIpc) is 3.39. The van der Waals surface area contributed by atoms with Crippen molar-refractivity contribution < 1.29 is 46.9 Å². The summed E-state index contributed by atoms with van der Waals surface area (Å²) in [6.07, 6.45) is -0.977. The van der Waals surface area contributed by atoms with Crippen molar-refractivity contribution in [2.24, 2.45) is 5.73 Å². The predicted octanol–water partition coefficient (Wildman–Crippen LogP) is 3.78. The summed E-state index contributed by atoms with van der Waals surface area (Å²) in [6.45, 7) is 4.00. The molecule has 4 heterocycles. The van der Waals surface area contributed by atoms with Crippen LogP contribution in [0.25, 0.3) is 22.3 Å². The maximum absolute atomic E-state index is 15.0. The largest absolute Gasteiger partial charge is 0.490 e. The number of ether oxygens (including phenoxy) is 1. The number of aliphatic hydroxyl groups is 1. The van der Waals surface area contributed by atoms with Crippen LogP contribution in [0.3, 0.4) is 0 Å². The number of halogens is 4. The van der Waals surface area contributed by atoms with E-state index in [0.29, 0.717) is 48.3 Å². The van der Waals surface area contributed by atoms with E-state index in [1.807, 2.05) is 0 Å². The van der Waals surface area contributed by atoms with Crippen LogP contribution in [0, 0.1) is 12.7 Å². The van der Waals surface area contributed by atoms with E-state index in [-0.39, 0.29) is 54.0 Å². The lowest BCUT2D eigenvalue weighted by Crippen LogP contribution is -2.44. The number of nitrogens with one attached hydrogen (secondary N) is 1. The number of esters is 1. The number of unbranched alkanes of at least 4 members (excludes halogenated alkanes) is 2. The number of carboxylic acids is 1. The van der Waals surface area contributed by atoms with Gasteiger partial charge in [0.25, 0.3) is 5.56 Å². The van der Waals surface area contributed by atoms with Crippen LogP contribution in [-0.2, 0) is 44.3 Å². The van der Waals surface area contributed by atoms with Crippen molar-refractivity contribution in [3.05, 3.63) is 61.7 Å². The van der Waals surface area contributed by atoms with Gasteiger partial charge in [-0.1, -0.05) is 13.3 Å². The Labute approximate surface area is 265 Å². The van der Waals surface area contributed by atoms with Crippen LogP contribution in [0.15, 0.2) is 16.9 Å². The fourth-order valence-electron chi connectivity index (χ4n) is 6.57. The summed E-state index contributed by atoms with van der Waals surface area (Å²) in [5.41, 5.74) is 8.24. The molecule has 11 nitrogen and oxygen atoms in total. The van der Waals surface area contributed by atoms with E-state index in [9.17, 15) is 32.7 Å². The van der Waals surface area contributed by atoms with Crippen LogP contribution >= 0.6 is 0 Å². The molecule has 1 aromatic carbocycles. The number of carboxylic acid groups (broad SMARTS) is 1. The van der Waals surface area contributed by atoms with Crippen molar-refractivity contribution in [1.82, 2.24) is 14.9 Å². The molecule has 1 aliphatic carbocycles. The molecule has 2 aromatic heterocycles. The molecule has 3 aliphatic rings. The number of carbonyl (C=O) groups is 3. The lowest BCUT2D eigenvalue weighted by Gasteiger charge is -2.31. The van der Waals surface area contributed by atoms with Crippen molar-refractivity contribution in [2.75, 3.05) is 6.54 Å². The number of alkyl halides is 3. The Balaban J connectivity index is 0.000000559. The van der Waals surface area contributed by atoms with E-state index < -0.39 is 23.7 Å². The molecule has 1 amide bonds. The van der Waals surface area contributed by atoms with E-state index in [1.54, 1.807) is 24.5 Å². The Morgan fingerprint density at radius 1 is 1.17 bits per heavy atom. The second kappa shape index (κ2) is 12.7. The van der Waals surface area contributed by atoms with E-state index in [4.69, 9.17) is 25.4 Å². The molecule has 5 N–H and O–H groups in total. The molecular formula is C32H34F4N4O7. The van der Waals surface area contributed by atoms with E-state index >= 15 is 4.39 Å². The quantitative estimate of drug-likeness (QED) is 0.130. The van der Waals surface area contributed by atoms with Crippen molar-refractivity contribution in [3.8, 4) is 11.4 Å². The molecule has 6 rings (SSSR count). The van der Waals surface area contributed by atoms with Crippen molar-refractivity contribution in [2.45, 2.75) is 89.8 Å². The SMILES string of the molecule is CC[C@@]1(O)C(=O)OCc2c1cc1n(c2=O)Cc2c-1nc1cc(F)c(C)c3c1c2[C@@H](NC(=O)CCCCCN)CC3.O=C(O)C(F)(F)F. The standard InChI is InChI=1S/C30H33FN4O5.C2HF3O2/c1-3-30(39)19-11-23-27-17(13-35(23)28(37)18(19)14-40-29(30)38)26-21(33-24(36)7-5-4-6-10-32)9-8-16-15(2)20(31)12-22(34-27)25(16)26;3-2(4,5)1(6)7/h11-12,21,39H,3-10,13-14,32H2,1-2H3,(H,33,36);(H,6,7)/t21-,30-;/m0./s1. The third kappa shape index (κ3) is 5.97. The topological polar surface area (TPSA) is 174 Å². The number of pyridine rings is 2. The van der Waals surface area contributed by atoms with Gasteiger partial charge in [-0.05, 0) is 68.3 Å². The second-order valence-corrected chi connectivity index (χ2v) is 11.9. The van der Waals surface area contributed by atoms with Gasteiger partial charge in [0.05, 0.1) is 35.1 Å². The number of fused-ring (bicyclic) bond motifs is 5. The Hall–Kier alpha value is -4.37. The van der Waals surface area contributed by atoms with Gasteiger partial charge in [-0.3, -0.25) is 9.59 Å². The normalized spacial score (nSPS) is 19.2. The fourth-order valence-corrected chi connectivity index (χ4v) is 6.57. The number of benzene rings is 1. The number of amides is 1. The highest BCUT2D eigenvalue weighted by Crippen LogP contribution is 2.46. The molecule has 3 aromatic rings. The van der Waals surface area contributed by atoms with E-state index in [1.165, 1.54) is 6.07 Å². The summed E-state index contributed by atoms with van der Waals surface area (Å²) in [6, 6.07) is 2.74. The van der Waals surface area contributed by atoms with Gasteiger partial charge in [0, 0.05) is 29.0 Å². The molecule has 0 spiro atoms. The number of aryl methyl sites for hydroxylation is 1. The van der Waals surface area contributed by atoms with Crippen LogP contribution < -0.4 is 16.6 Å². The Morgan fingerprint density at radius 2 is 1.87 bits per heavy atom. The smallest absolute Gasteiger partial charge is 0.475 e. The fraction of sp³-hybridized carbons (Fsp3) is 0.469. The Bertz CT molecular complexity index is 1860. The molecule has 2 aliphatic heterocycles. The van der Waals surface area contributed by atoms with Gasteiger partial charge >= 0.3 is 18.1 Å². The first-order chi connectivity index (χ1) is 22.1. The molecule has 47 heavy (non-hydrogen) atoms. The third-order valence-corrected chi connectivity index (χ3v) is 9.06. The summed E-state index contributed by atoms with van der Waals surface area (Å²) in [7, 11) is 0. The lowest BCUT2D eigenvalue weighted by molar-refractivity contribution is -0.192. The number of hydrogen-bond donors (Lipinski definition) is 4. The summed E-state index contributed by atoms with van der Waals surface area (Å²) in [5.74, 6) is -3.96. The van der Waals surface area contributed by atoms with Crippen LogP contribution in [0.5, 0.6) is 0 Å².